The summed E-state index contributed by atoms with van der Waals surface area (Å²) in [5.41, 5.74) is 1.17. The molecule has 1 atom stereocenters. The number of alkyl halides is 3. The third-order valence-corrected chi connectivity index (χ3v) is 7.12. The molecule has 11 nitrogen and oxygen atoms in total. The van der Waals surface area contributed by atoms with Gasteiger partial charge in [-0.15, -0.1) is 23.4 Å². The molecule has 43 heavy (non-hydrogen) atoms. The van der Waals surface area contributed by atoms with Gasteiger partial charge in [-0.1, -0.05) is 31.4 Å². The van der Waals surface area contributed by atoms with Gasteiger partial charge in [-0.05, 0) is 67.3 Å². The van der Waals surface area contributed by atoms with Gasteiger partial charge in [0.15, 0.2) is 17.2 Å². The smallest absolute Gasteiger partial charge is 0.480 e. The fourth-order valence-corrected chi connectivity index (χ4v) is 5.13. The first-order valence-corrected chi connectivity index (χ1v) is 13.5. The number of fused-ring (bicyclic) bond motifs is 1. The number of anilines is 2. The van der Waals surface area contributed by atoms with Gasteiger partial charge in [-0.25, -0.2) is 9.59 Å². The molecule has 0 bridgehead atoms. The number of nitrogens with one attached hydrogen (secondary N) is 3. The van der Waals surface area contributed by atoms with E-state index in [0.29, 0.717) is 17.1 Å². The van der Waals surface area contributed by atoms with Crippen LogP contribution in [0.2, 0.25) is 0 Å². The highest BCUT2D eigenvalue weighted by atomic mass is 19.4. The Labute approximate surface area is 243 Å². The topological polar surface area (TPSA) is 147 Å². The number of carboxylic acid groups (broad SMARTS) is 1. The molecule has 1 aliphatic rings. The summed E-state index contributed by atoms with van der Waals surface area (Å²) in [4.78, 5) is 37.6. The molecular formula is C29H27F3N6O5. The summed E-state index contributed by atoms with van der Waals surface area (Å²) in [6, 6.07) is 12.9. The van der Waals surface area contributed by atoms with Gasteiger partial charge in [-0.3, -0.25) is 9.20 Å². The van der Waals surface area contributed by atoms with Crippen LogP contribution in [-0.2, 0) is 4.79 Å². The number of rotatable bonds is 8. The van der Waals surface area contributed by atoms with Crippen LogP contribution >= 0.6 is 0 Å². The lowest BCUT2D eigenvalue weighted by Crippen LogP contribution is -2.46. The second kappa shape index (κ2) is 12.4. The quantitative estimate of drug-likeness (QED) is 0.204. The minimum absolute atomic E-state index is 0.138. The molecule has 2 aromatic carbocycles. The lowest BCUT2D eigenvalue weighted by molar-refractivity contribution is -0.274. The SMILES string of the molecule is O=C(Nc1ccc(-c2nnc3c(C(=O)N[C@H](C(=O)O)C4CCCCC4)cccn23)cc1)Nc1ccccc1OC(F)(F)F. The zero-order valence-corrected chi connectivity index (χ0v) is 22.6. The lowest BCUT2D eigenvalue weighted by Gasteiger charge is -2.28. The van der Waals surface area contributed by atoms with E-state index in [-0.39, 0.29) is 22.8 Å². The maximum atomic E-state index is 13.2. The Morgan fingerprint density at radius 3 is 2.35 bits per heavy atom. The van der Waals surface area contributed by atoms with Gasteiger partial charge < -0.3 is 25.8 Å². The number of pyridine rings is 1. The molecule has 0 radical (unpaired) electrons. The normalized spacial score (nSPS) is 14.6. The maximum Gasteiger partial charge on any atom is 0.573 e. The summed E-state index contributed by atoms with van der Waals surface area (Å²) in [5, 5.41) is 25.7. The third kappa shape index (κ3) is 7.02. The van der Waals surface area contributed by atoms with E-state index >= 15 is 0 Å². The van der Waals surface area contributed by atoms with Gasteiger partial charge in [0.05, 0.1) is 11.3 Å². The molecular weight excluding hydrogens is 569 g/mol. The number of carboxylic acids is 1. The number of aliphatic carboxylic acids is 1. The van der Waals surface area contributed by atoms with Crippen LogP contribution in [0.3, 0.4) is 0 Å². The summed E-state index contributed by atoms with van der Waals surface area (Å²) >= 11 is 0. The Bertz CT molecular complexity index is 1630. The molecule has 3 amide bonds. The summed E-state index contributed by atoms with van der Waals surface area (Å²) in [6.07, 6.45) is 1.13. The Balaban J connectivity index is 1.29. The largest absolute Gasteiger partial charge is 0.573 e. The van der Waals surface area contributed by atoms with Crippen LogP contribution in [0.15, 0.2) is 66.9 Å². The molecule has 4 aromatic rings. The van der Waals surface area contributed by atoms with Gasteiger partial charge >= 0.3 is 18.4 Å². The molecule has 1 fully saturated rings. The van der Waals surface area contributed by atoms with Gasteiger partial charge in [0.25, 0.3) is 5.91 Å². The standard InChI is InChI=1S/C29H27F3N6O5/c30-29(31,32)43-22-11-5-4-10-21(22)34-28(42)33-19-14-12-18(13-15-19)24-36-37-25-20(9-6-16-38(24)25)26(39)35-23(27(40)41)17-7-2-1-3-8-17/h4-6,9-17,23H,1-3,7-8H2,(H,35,39)(H,40,41)(H2,33,34,42)/t23-/m0/s1. The first-order valence-electron chi connectivity index (χ1n) is 13.5. The highest BCUT2D eigenvalue weighted by Crippen LogP contribution is 2.30. The highest BCUT2D eigenvalue weighted by molar-refractivity contribution is 6.02. The van der Waals surface area contributed by atoms with Crippen LogP contribution < -0.4 is 20.7 Å². The van der Waals surface area contributed by atoms with Crippen molar-refractivity contribution in [2.24, 2.45) is 5.92 Å². The summed E-state index contributed by atoms with van der Waals surface area (Å²) < 4.78 is 43.5. The molecule has 4 N–H and O–H groups in total. The number of carbonyl (C=O) groups excluding carboxylic acids is 2. The van der Waals surface area contributed by atoms with E-state index in [1.54, 1.807) is 47.0 Å². The van der Waals surface area contributed by atoms with Crippen molar-refractivity contribution in [3.05, 3.63) is 72.4 Å². The molecule has 1 saturated carbocycles. The van der Waals surface area contributed by atoms with Gasteiger partial charge in [0, 0.05) is 17.4 Å². The fraction of sp³-hybridized carbons (Fsp3) is 0.276. The number of ether oxygens (including phenoxy) is 1. The van der Waals surface area contributed by atoms with Crippen molar-refractivity contribution >= 4 is 34.9 Å². The van der Waals surface area contributed by atoms with Crippen LogP contribution in [0, 0.1) is 5.92 Å². The monoisotopic (exact) mass is 596 g/mol. The molecule has 0 saturated heterocycles. The molecule has 0 unspecified atom stereocenters. The van der Waals surface area contributed by atoms with Crippen molar-refractivity contribution in [1.29, 1.82) is 0 Å². The fourth-order valence-electron chi connectivity index (χ4n) is 5.13. The molecule has 14 heteroatoms. The first-order chi connectivity index (χ1) is 20.6. The van der Waals surface area contributed by atoms with Crippen molar-refractivity contribution in [3.8, 4) is 17.1 Å². The third-order valence-electron chi connectivity index (χ3n) is 7.12. The zero-order valence-electron chi connectivity index (χ0n) is 22.6. The molecule has 224 valence electrons. The van der Waals surface area contributed by atoms with Crippen LogP contribution in [-0.4, -0.2) is 50.0 Å². The number of hydrogen-bond donors (Lipinski definition) is 4. The van der Waals surface area contributed by atoms with E-state index in [9.17, 15) is 32.7 Å². The lowest BCUT2D eigenvalue weighted by atomic mass is 9.84. The predicted octanol–water partition coefficient (Wildman–Crippen LogP) is 5.70. The average molecular weight is 597 g/mol. The average Bonchev–Trinajstić information content (AvgIpc) is 3.41. The molecule has 2 heterocycles. The zero-order chi connectivity index (χ0) is 30.6. The summed E-state index contributed by atoms with van der Waals surface area (Å²) in [7, 11) is 0. The molecule has 0 aliphatic heterocycles. The van der Waals surface area contributed by atoms with Crippen molar-refractivity contribution in [1.82, 2.24) is 19.9 Å². The minimum Gasteiger partial charge on any atom is -0.480 e. The van der Waals surface area contributed by atoms with Crippen molar-refractivity contribution in [2.75, 3.05) is 10.6 Å². The van der Waals surface area contributed by atoms with E-state index in [4.69, 9.17) is 0 Å². The Morgan fingerprint density at radius 1 is 0.930 bits per heavy atom. The summed E-state index contributed by atoms with van der Waals surface area (Å²) in [5.74, 6) is -1.94. The van der Waals surface area contributed by atoms with Gasteiger partial charge in [0.1, 0.15) is 6.04 Å². The molecule has 0 spiro atoms. The van der Waals surface area contributed by atoms with E-state index < -0.39 is 36.1 Å². The van der Waals surface area contributed by atoms with Crippen LogP contribution in [0.25, 0.3) is 17.0 Å². The molecule has 5 rings (SSSR count). The van der Waals surface area contributed by atoms with Crippen LogP contribution in [0.5, 0.6) is 5.75 Å². The van der Waals surface area contributed by atoms with E-state index in [0.717, 1.165) is 38.2 Å². The Hall–Kier alpha value is -5.14. The number of amides is 3. The second-order valence-electron chi connectivity index (χ2n) is 10.0. The van der Waals surface area contributed by atoms with Gasteiger partial charge in [-0.2, -0.15) is 0 Å². The number of urea groups is 1. The number of carbonyl (C=O) groups is 3. The van der Waals surface area contributed by atoms with E-state index in [1.165, 1.54) is 18.2 Å². The number of benzene rings is 2. The molecule has 2 aromatic heterocycles. The minimum atomic E-state index is -4.92. The second-order valence-corrected chi connectivity index (χ2v) is 10.0. The first kappa shape index (κ1) is 29.4. The number of aromatic nitrogens is 3. The van der Waals surface area contributed by atoms with Crippen LogP contribution in [0.4, 0.5) is 29.3 Å². The number of halogens is 3. The maximum absolute atomic E-state index is 13.2. The number of para-hydroxylation sites is 2. The highest BCUT2D eigenvalue weighted by Gasteiger charge is 2.33. The summed E-state index contributed by atoms with van der Waals surface area (Å²) in [6.45, 7) is 0. The van der Waals surface area contributed by atoms with E-state index in [1.807, 2.05) is 0 Å². The predicted molar refractivity (Wildman–Crippen MR) is 150 cm³/mol. The van der Waals surface area contributed by atoms with Crippen LogP contribution in [0.1, 0.15) is 42.5 Å². The number of hydrogen-bond acceptors (Lipinski definition) is 6. The number of nitrogens with zero attached hydrogens (tertiary/aromatic N) is 3. The van der Waals surface area contributed by atoms with Gasteiger partial charge in [0.2, 0.25) is 0 Å². The molecule has 1 aliphatic carbocycles. The Kier molecular flexibility index (Phi) is 8.46. The van der Waals surface area contributed by atoms with Crippen molar-refractivity contribution < 1.29 is 37.4 Å². The Morgan fingerprint density at radius 2 is 1.65 bits per heavy atom. The van der Waals surface area contributed by atoms with Crippen molar-refractivity contribution in [2.45, 2.75) is 44.5 Å². The van der Waals surface area contributed by atoms with Crippen molar-refractivity contribution in [3.63, 3.8) is 0 Å². The van der Waals surface area contributed by atoms with E-state index in [2.05, 4.69) is 30.9 Å².